The second-order valence-corrected chi connectivity index (χ2v) is 5.05. The van der Waals surface area contributed by atoms with Crippen LogP contribution in [-0.4, -0.2) is 12.6 Å². The highest BCUT2D eigenvalue weighted by Gasteiger charge is 2.38. The van der Waals surface area contributed by atoms with Crippen molar-refractivity contribution >= 4 is 11.4 Å². The number of nitrogens with two attached hydrogens (primary N) is 1. The number of nitrogens with zero attached hydrogens (tertiary/aromatic N) is 1. The van der Waals surface area contributed by atoms with E-state index in [1.807, 2.05) is 11.8 Å². The summed E-state index contributed by atoms with van der Waals surface area (Å²) in [6.45, 7) is 2.72. The Morgan fingerprint density at radius 1 is 1.32 bits per heavy atom. The maximum absolute atomic E-state index is 13.1. The average molecular weight is 272 g/mol. The Hall–Kier alpha value is -1.39. The molecule has 0 aliphatic heterocycles. The predicted molar refractivity (Wildman–Crippen MR) is 71.1 cm³/mol. The molecule has 0 spiro atoms. The van der Waals surface area contributed by atoms with Crippen LogP contribution in [0.25, 0.3) is 0 Å². The number of unbranched alkanes of at least 4 members (excludes halogenated alkanes) is 1. The summed E-state index contributed by atoms with van der Waals surface area (Å²) in [5.74, 6) is 0. The zero-order chi connectivity index (χ0) is 14.0. The van der Waals surface area contributed by atoms with E-state index in [4.69, 9.17) is 5.73 Å². The summed E-state index contributed by atoms with van der Waals surface area (Å²) < 4.78 is 39.3. The van der Waals surface area contributed by atoms with Crippen LogP contribution in [0.3, 0.4) is 0 Å². The monoisotopic (exact) mass is 272 g/mol. The van der Waals surface area contributed by atoms with Gasteiger partial charge in [-0.2, -0.15) is 13.2 Å². The van der Waals surface area contributed by atoms with Crippen LogP contribution in [0.4, 0.5) is 24.5 Å². The van der Waals surface area contributed by atoms with Crippen molar-refractivity contribution in [2.45, 2.75) is 44.8 Å². The van der Waals surface area contributed by atoms with Gasteiger partial charge in [-0.15, -0.1) is 0 Å². The molecule has 1 aliphatic carbocycles. The van der Waals surface area contributed by atoms with E-state index in [1.165, 1.54) is 6.07 Å². The minimum Gasteiger partial charge on any atom is -0.399 e. The summed E-state index contributed by atoms with van der Waals surface area (Å²) in [7, 11) is 0. The number of benzene rings is 1. The number of halogens is 3. The lowest BCUT2D eigenvalue weighted by Crippen LogP contribution is -2.29. The van der Waals surface area contributed by atoms with Crippen LogP contribution in [0.5, 0.6) is 0 Å². The van der Waals surface area contributed by atoms with Crippen LogP contribution in [0.15, 0.2) is 18.2 Å². The minimum absolute atomic E-state index is 0.155. The molecule has 2 rings (SSSR count). The van der Waals surface area contributed by atoms with Crippen LogP contribution in [0, 0.1) is 0 Å². The van der Waals surface area contributed by atoms with Crippen molar-refractivity contribution in [3.63, 3.8) is 0 Å². The lowest BCUT2D eigenvalue weighted by Gasteiger charge is -2.28. The molecule has 5 heteroatoms. The van der Waals surface area contributed by atoms with Crippen molar-refractivity contribution in [1.29, 1.82) is 0 Å². The van der Waals surface area contributed by atoms with Crippen molar-refractivity contribution in [3.05, 3.63) is 23.8 Å². The van der Waals surface area contributed by atoms with Crippen molar-refractivity contribution in [1.82, 2.24) is 0 Å². The smallest absolute Gasteiger partial charge is 0.399 e. The highest BCUT2D eigenvalue weighted by Crippen LogP contribution is 2.41. The Balaban J connectivity index is 2.35. The number of rotatable bonds is 5. The maximum atomic E-state index is 13.1. The fourth-order valence-electron chi connectivity index (χ4n) is 2.25. The minimum atomic E-state index is -4.36. The van der Waals surface area contributed by atoms with Crippen LogP contribution < -0.4 is 10.6 Å². The van der Waals surface area contributed by atoms with Gasteiger partial charge >= 0.3 is 6.18 Å². The molecule has 0 bridgehead atoms. The van der Waals surface area contributed by atoms with Gasteiger partial charge in [-0.3, -0.25) is 0 Å². The molecule has 19 heavy (non-hydrogen) atoms. The van der Waals surface area contributed by atoms with E-state index in [1.54, 1.807) is 6.07 Å². The lowest BCUT2D eigenvalue weighted by molar-refractivity contribution is -0.137. The standard InChI is InChI=1S/C14H19F3N2/c1-2-3-8-19(11-5-6-11)13-7-4-10(18)9-12(13)14(15,16)17/h4,7,9,11H,2-3,5-6,8,18H2,1H3. The van der Waals surface area contributed by atoms with Crippen molar-refractivity contribution < 1.29 is 13.2 Å². The first-order valence-electron chi connectivity index (χ1n) is 6.67. The second kappa shape index (κ2) is 5.31. The Morgan fingerprint density at radius 2 is 2.00 bits per heavy atom. The molecule has 0 amide bonds. The van der Waals surface area contributed by atoms with Gasteiger partial charge in [-0.1, -0.05) is 13.3 Å². The van der Waals surface area contributed by atoms with E-state index in [-0.39, 0.29) is 17.4 Å². The van der Waals surface area contributed by atoms with Crippen LogP contribution in [-0.2, 0) is 6.18 Å². The summed E-state index contributed by atoms with van der Waals surface area (Å²) in [6.07, 6.45) is -0.529. The molecule has 2 N–H and O–H groups in total. The third-order valence-corrected chi connectivity index (χ3v) is 3.38. The van der Waals surface area contributed by atoms with Gasteiger partial charge in [0.05, 0.1) is 5.56 Å². The highest BCUT2D eigenvalue weighted by molar-refractivity contribution is 5.62. The molecular formula is C14H19F3N2. The number of hydrogen-bond acceptors (Lipinski definition) is 2. The van der Waals surface area contributed by atoms with Gasteiger partial charge in [0.1, 0.15) is 0 Å². The third kappa shape index (κ3) is 3.33. The first kappa shape index (κ1) is 14.0. The van der Waals surface area contributed by atoms with Crippen LogP contribution >= 0.6 is 0 Å². The topological polar surface area (TPSA) is 29.3 Å². The summed E-state index contributed by atoms with van der Waals surface area (Å²) in [6, 6.07) is 4.35. The number of alkyl halides is 3. The number of anilines is 2. The first-order valence-corrected chi connectivity index (χ1v) is 6.67. The SMILES string of the molecule is CCCCN(c1ccc(N)cc1C(F)(F)F)C1CC1. The van der Waals surface area contributed by atoms with E-state index in [9.17, 15) is 13.2 Å². The van der Waals surface area contributed by atoms with Gasteiger partial charge in [0.25, 0.3) is 0 Å². The van der Waals surface area contributed by atoms with Gasteiger partial charge in [-0.25, -0.2) is 0 Å². The quantitative estimate of drug-likeness (QED) is 0.819. The Kier molecular flexibility index (Phi) is 3.92. The van der Waals surface area contributed by atoms with Gasteiger partial charge in [0.15, 0.2) is 0 Å². The van der Waals surface area contributed by atoms with Crippen molar-refractivity contribution in [2.24, 2.45) is 0 Å². The van der Waals surface area contributed by atoms with E-state index in [2.05, 4.69) is 0 Å². The van der Waals surface area contributed by atoms with Crippen molar-refractivity contribution in [3.8, 4) is 0 Å². The summed E-state index contributed by atoms with van der Waals surface area (Å²) >= 11 is 0. The molecule has 1 aromatic carbocycles. The normalized spacial score (nSPS) is 15.6. The molecule has 106 valence electrons. The van der Waals surface area contributed by atoms with E-state index in [0.717, 1.165) is 31.7 Å². The third-order valence-electron chi connectivity index (χ3n) is 3.38. The summed E-state index contributed by atoms with van der Waals surface area (Å²) in [5, 5.41) is 0. The van der Waals surface area contributed by atoms with Gasteiger partial charge in [-0.05, 0) is 37.5 Å². The predicted octanol–water partition coefficient (Wildman–Crippen LogP) is 4.06. The van der Waals surface area contributed by atoms with Gasteiger partial charge < -0.3 is 10.6 Å². The van der Waals surface area contributed by atoms with E-state index in [0.29, 0.717) is 6.54 Å². The van der Waals surface area contributed by atoms with Crippen LogP contribution in [0.1, 0.15) is 38.2 Å². The fraction of sp³-hybridized carbons (Fsp3) is 0.571. The molecule has 0 radical (unpaired) electrons. The molecule has 1 aromatic rings. The Bertz CT molecular complexity index is 439. The largest absolute Gasteiger partial charge is 0.418 e. The molecule has 0 atom stereocenters. The van der Waals surface area contributed by atoms with E-state index < -0.39 is 11.7 Å². The first-order chi connectivity index (χ1) is 8.93. The summed E-state index contributed by atoms with van der Waals surface area (Å²) in [5.41, 5.74) is 5.31. The molecule has 0 aromatic heterocycles. The molecule has 2 nitrogen and oxygen atoms in total. The zero-order valence-electron chi connectivity index (χ0n) is 11.0. The zero-order valence-corrected chi connectivity index (χ0v) is 11.0. The molecule has 0 unspecified atom stereocenters. The maximum Gasteiger partial charge on any atom is 0.418 e. The molecular weight excluding hydrogens is 253 g/mol. The second-order valence-electron chi connectivity index (χ2n) is 5.05. The van der Waals surface area contributed by atoms with E-state index >= 15 is 0 Å². The average Bonchev–Trinajstić information content (AvgIpc) is 3.14. The van der Waals surface area contributed by atoms with Crippen LogP contribution in [0.2, 0.25) is 0 Å². The lowest BCUT2D eigenvalue weighted by atomic mass is 10.1. The fourth-order valence-corrected chi connectivity index (χ4v) is 2.25. The molecule has 0 saturated heterocycles. The molecule has 1 aliphatic rings. The Morgan fingerprint density at radius 3 is 2.53 bits per heavy atom. The number of hydrogen-bond donors (Lipinski definition) is 1. The molecule has 1 saturated carbocycles. The number of nitrogen functional groups attached to an aromatic ring is 1. The highest BCUT2D eigenvalue weighted by atomic mass is 19.4. The molecule has 0 heterocycles. The summed E-state index contributed by atoms with van der Waals surface area (Å²) in [4.78, 5) is 1.89. The molecule has 1 fully saturated rings. The van der Waals surface area contributed by atoms with Gasteiger partial charge in [0.2, 0.25) is 0 Å². The van der Waals surface area contributed by atoms with Crippen molar-refractivity contribution in [2.75, 3.05) is 17.2 Å². The Labute approximate surface area is 111 Å². The van der Waals surface area contributed by atoms with Gasteiger partial charge in [0, 0.05) is 24.0 Å².